The summed E-state index contributed by atoms with van der Waals surface area (Å²) in [5, 5.41) is 9.61. The number of hydrogen-bond acceptors (Lipinski definition) is 3. The monoisotopic (exact) mass is 286 g/mol. The van der Waals surface area contributed by atoms with Gasteiger partial charge < -0.3 is 14.9 Å². The standard InChI is InChI=1S/C17H38N2O/c1-6-9-12-18(15-17(5)20)14-11-16(4)19(8-3)13-10-7-2/h16-17,20H,6-15H2,1-5H3. The van der Waals surface area contributed by atoms with Crippen molar-refractivity contribution in [3.05, 3.63) is 0 Å². The highest BCUT2D eigenvalue weighted by atomic mass is 16.3. The molecule has 0 aliphatic carbocycles. The van der Waals surface area contributed by atoms with Crippen molar-refractivity contribution in [2.75, 3.05) is 32.7 Å². The summed E-state index contributed by atoms with van der Waals surface area (Å²) in [6, 6.07) is 0.643. The van der Waals surface area contributed by atoms with Crippen molar-refractivity contribution in [1.29, 1.82) is 0 Å². The average Bonchev–Trinajstić information content (AvgIpc) is 2.42. The molecule has 122 valence electrons. The Labute approximate surface area is 127 Å². The highest BCUT2D eigenvalue weighted by molar-refractivity contribution is 4.70. The van der Waals surface area contributed by atoms with Gasteiger partial charge in [-0.2, -0.15) is 0 Å². The molecule has 0 radical (unpaired) electrons. The van der Waals surface area contributed by atoms with Crippen molar-refractivity contribution in [2.24, 2.45) is 0 Å². The molecule has 0 saturated carbocycles. The van der Waals surface area contributed by atoms with Crippen molar-refractivity contribution < 1.29 is 5.11 Å². The third-order valence-electron chi connectivity index (χ3n) is 4.04. The van der Waals surface area contributed by atoms with Crippen molar-refractivity contribution in [3.63, 3.8) is 0 Å². The maximum Gasteiger partial charge on any atom is 0.0639 e. The van der Waals surface area contributed by atoms with Crippen molar-refractivity contribution in [1.82, 2.24) is 9.80 Å². The van der Waals surface area contributed by atoms with Crippen LogP contribution in [0.4, 0.5) is 0 Å². The van der Waals surface area contributed by atoms with Crippen LogP contribution in [0.15, 0.2) is 0 Å². The zero-order chi connectivity index (χ0) is 15.4. The van der Waals surface area contributed by atoms with E-state index >= 15 is 0 Å². The van der Waals surface area contributed by atoms with Crippen LogP contribution in [0.1, 0.15) is 66.7 Å². The fourth-order valence-electron chi connectivity index (χ4n) is 2.65. The smallest absolute Gasteiger partial charge is 0.0639 e. The quantitative estimate of drug-likeness (QED) is 0.562. The molecule has 0 bridgehead atoms. The summed E-state index contributed by atoms with van der Waals surface area (Å²) < 4.78 is 0. The normalized spacial score (nSPS) is 15.0. The maximum atomic E-state index is 9.61. The van der Waals surface area contributed by atoms with E-state index in [2.05, 4.69) is 37.5 Å². The van der Waals surface area contributed by atoms with Gasteiger partial charge in [0.25, 0.3) is 0 Å². The van der Waals surface area contributed by atoms with E-state index in [1.54, 1.807) is 0 Å². The largest absolute Gasteiger partial charge is 0.392 e. The number of unbranched alkanes of at least 4 members (excludes halogenated alkanes) is 2. The van der Waals surface area contributed by atoms with E-state index in [0.29, 0.717) is 6.04 Å². The van der Waals surface area contributed by atoms with E-state index in [1.807, 2.05) is 6.92 Å². The molecular formula is C17H38N2O. The number of hydrogen-bond donors (Lipinski definition) is 1. The average molecular weight is 287 g/mol. The Morgan fingerprint density at radius 1 is 0.900 bits per heavy atom. The van der Waals surface area contributed by atoms with Gasteiger partial charge in [0.15, 0.2) is 0 Å². The van der Waals surface area contributed by atoms with Gasteiger partial charge in [-0.3, -0.25) is 0 Å². The van der Waals surface area contributed by atoms with Gasteiger partial charge in [-0.05, 0) is 59.3 Å². The molecule has 0 aliphatic heterocycles. The summed E-state index contributed by atoms with van der Waals surface area (Å²) in [4.78, 5) is 5.02. The molecule has 0 rings (SSSR count). The van der Waals surface area contributed by atoms with Crippen LogP contribution in [-0.4, -0.2) is 59.8 Å². The summed E-state index contributed by atoms with van der Waals surface area (Å²) in [6.07, 6.45) is 6.01. The Morgan fingerprint density at radius 3 is 2.00 bits per heavy atom. The van der Waals surface area contributed by atoms with Crippen LogP contribution in [-0.2, 0) is 0 Å². The number of rotatable bonds is 13. The highest BCUT2D eigenvalue weighted by Crippen LogP contribution is 2.08. The first-order valence-electron chi connectivity index (χ1n) is 8.69. The van der Waals surface area contributed by atoms with Crippen LogP contribution < -0.4 is 0 Å². The number of aliphatic hydroxyl groups is 1. The van der Waals surface area contributed by atoms with E-state index in [1.165, 1.54) is 38.6 Å². The molecule has 0 amide bonds. The van der Waals surface area contributed by atoms with E-state index in [-0.39, 0.29) is 6.10 Å². The zero-order valence-corrected chi connectivity index (χ0v) is 14.6. The Bertz CT molecular complexity index is 209. The van der Waals surface area contributed by atoms with Gasteiger partial charge in [-0.15, -0.1) is 0 Å². The molecule has 0 aliphatic rings. The number of aliphatic hydroxyl groups excluding tert-OH is 1. The number of nitrogens with zero attached hydrogens (tertiary/aromatic N) is 2. The molecular weight excluding hydrogens is 248 g/mol. The molecule has 3 nitrogen and oxygen atoms in total. The Morgan fingerprint density at radius 2 is 1.50 bits per heavy atom. The predicted molar refractivity (Wildman–Crippen MR) is 89.3 cm³/mol. The third kappa shape index (κ3) is 9.73. The van der Waals surface area contributed by atoms with Crippen LogP contribution in [0.2, 0.25) is 0 Å². The molecule has 0 heterocycles. The van der Waals surface area contributed by atoms with Gasteiger partial charge in [0.1, 0.15) is 0 Å². The second-order valence-corrected chi connectivity index (χ2v) is 6.12. The van der Waals surface area contributed by atoms with Gasteiger partial charge in [-0.25, -0.2) is 0 Å². The highest BCUT2D eigenvalue weighted by Gasteiger charge is 2.14. The minimum absolute atomic E-state index is 0.218. The van der Waals surface area contributed by atoms with Gasteiger partial charge in [-0.1, -0.05) is 33.6 Å². The van der Waals surface area contributed by atoms with E-state index in [4.69, 9.17) is 0 Å². The van der Waals surface area contributed by atoms with Gasteiger partial charge in [0, 0.05) is 12.6 Å². The molecule has 0 spiro atoms. The molecule has 0 aromatic rings. The Kier molecular flexibility index (Phi) is 12.5. The van der Waals surface area contributed by atoms with Crippen LogP contribution in [0.3, 0.4) is 0 Å². The van der Waals surface area contributed by atoms with E-state index < -0.39 is 0 Å². The van der Waals surface area contributed by atoms with Crippen LogP contribution >= 0.6 is 0 Å². The fourth-order valence-corrected chi connectivity index (χ4v) is 2.65. The lowest BCUT2D eigenvalue weighted by atomic mass is 10.1. The van der Waals surface area contributed by atoms with Gasteiger partial charge >= 0.3 is 0 Å². The Hall–Kier alpha value is -0.120. The minimum Gasteiger partial charge on any atom is -0.392 e. The molecule has 2 unspecified atom stereocenters. The molecule has 0 fully saturated rings. The van der Waals surface area contributed by atoms with Crippen molar-refractivity contribution >= 4 is 0 Å². The van der Waals surface area contributed by atoms with Crippen LogP contribution in [0, 0.1) is 0 Å². The lowest BCUT2D eigenvalue weighted by Gasteiger charge is -2.31. The molecule has 0 aromatic heterocycles. The molecule has 2 atom stereocenters. The second-order valence-electron chi connectivity index (χ2n) is 6.12. The second kappa shape index (κ2) is 12.6. The van der Waals surface area contributed by atoms with Crippen LogP contribution in [0.5, 0.6) is 0 Å². The van der Waals surface area contributed by atoms with Gasteiger partial charge in [0.2, 0.25) is 0 Å². The molecule has 0 aromatic carbocycles. The molecule has 1 N–H and O–H groups in total. The SMILES string of the molecule is CCCCN(CCC(C)N(CC)CCCC)CC(C)O. The fraction of sp³-hybridized carbons (Fsp3) is 1.00. The third-order valence-corrected chi connectivity index (χ3v) is 4.04. The summed E-state index contributed by atoms with van der Waals surface area (Å²) in [7, 11) is 0. The predicted octanol–water partition coefficient (Wildman–Crippen LogP) is 3.37. The lowest BCUT2D eigenvalue weighted by Crippen LogP contribution is -2.39. The minimum atomic E-state index is -0.218. The first-order chi connectivity index (χ1) is 9.54. The van der Waals surface area contributed by atoms with Gasteiger partial charge in [0.05, 0.1) is 6.10 Å². The summed E-state index contributed by atoms with van der Waals surface area (Å²) in [5.41, 5.74) is 0. The van der Waals surface area contributed by atoms with E-state index in [9.17, 15) is 5.11 Å². The molecule has 0 saturated heterocycles. The van der Waals surface area contributed by atoms with Crippen LogP contribution in [0.25, 0.3) is 0 Å². The van der Waals surface area contributed by atoms with E-state index in [0.717, 1.165) is 26.2 Å². The summed E-state index contributed by atoms with van der Waals surface area (Å²) in [5.74, 6) is 0. The first-order valence-corrected chi connectivity index (χ1v) is 8.69. The first kappa shape index (κ1) is 19.9. The Balaban J connectivity index is 4.14. The van der Waals surface area contributed by atoms with Crippen molar-refractivity contribution in [2.45, 2.75) is 78.9 Å². The lowest BCUT2D eigenvalue weighted by molar-refractivity contribution is 0.114. The molecule has 3 heteroatoms. The topological polar surface area (TPSA) is 26.7 Å². The van der Waals surface area contributed by atoms with Crippen molar-refractivity contribution in [3.8, 4) is 0 Å². The summed E-state index contributed by atoms with van der Waals surface area (Å²) >= 11 is 0. The maximum absolute atomic E-state index is 9.61. The summed E-state index contributed by atoms with van der Waals surface area (Å²) in [6.45, 7) is 16.4. The molecule has 20 heavy (non-hydrogen) atoms. The zero-order valence-electron chi connectivity index (χ0n) is 14.6.